The first-order chi connectivity index (χ1) is 13.7. The number of nitrogens with one attached hydrogen (secondary N) is 1. The average Bonchev–Trinajstić information content (AvgIpc) is 2.75. The van der Waals surface area contributed by atoms with E-state index in [0.717, 1.165) is 50.6 Å². The van der Waals surface area contributed by atoms with Crippen molar-refractivity contribution < 1.29 is 31.5 Å². The highest BCUT2D eigenvalue weighted by atomic mass is 35.5. The van der Waals surface area contributed by atoms with Crippen molar-refractivity contribution in [2.45, 2.75) is 6.54 Å². The Labute approximate surface area is 180 Å². The zero-order chi connectivity index (χ0) is 19.8. The summed E-state index contributed by atoms with van der Waals surface area (Å²) in [5.74, 6) is 2.13. The molecule has 0 radical (unpaired) electrons. The highest BCUT2D eigenvalue weighted by molar-refractivity contribution is 5.55. The first kappa shape index (κ1) is 23.1. The van der Waals surface area contributed by atoms with Crippen LogP contribution in [0, 0.1) is 0 Å². The van der Waals surface area contributed by atoms with E-state index in [-0.39, 0.29) is 12.4 Å². The lowest BCUT2D eigenvalue weighted by Gasteiger charge is -2.32. The van der Waals surface area contributed by atoms with Crippen molar-refractivity contribution in [1.29, 1.82) is 0 Å². The second-order valence-corrected chi connectivity index (χ2v) is 7.04. The molecule has 1 heterocycles. The number of methoxy groups -OCH3 is 3. The van der Waals surface area contributed by atoms with Crippen molar-refractivity contribution in [3.8, 4) is 17.2 Å². The van der Waals surface area contributed by atoms with Crippen LogP contribution in [0.1, 0.15) is 11.1 Å². The minimum absolute atomic E-state index is 0. The van der Waals surface area contributed by atoms with Gasteiger partial charge in [-0.3, -0.25) is 4.90 Å². The second-order valence-electron chi connectivity index (χ2n) is 7.04. The number of halogens is 1. The van der Waals surface area contributed by atoms with Gasteiger partial charge in [0.2, 0.25) is 5.75 Å². The summed E-state index contributed by atoms with van der Waals surface area (Å²) in [6, 6.07) is 14.5. The molecule has 1 fully saturated rings. The zero-order valence-corrected chi connectivity index (χ0v) is 18.2. The topological polar surface area (TPSA) is 35.4 Å². The second kappa shape index (κ2) is 11.7. The minimum atomic E-state index is 0. The third-order valence-corrected chi connectivity index (χ3v) is 5.26. The first-order valence-corrected chi connectivity index (χ1v) is 9.80. The number of nitrogens with zero attached hydrogens (tertiary/aromatic N) is 1. The predicted octanol–water partition coefficient (Wildman–Crippen LogP) is -0.870. The summed E-state index contributed by atoms with van der Waals surface area (Å²) in [7, 11) is 4.97. The van der Waals surface area contributed by atoms with E-state index in [1.165, 1.54) is 5.56 Å². The molecule has 2 aromatic rings. The Morgan fingerprint density at radius 3 is 2.21 bits per heavy atom. The van der Waals surface area contributed by atoms with E-state index >= 15 is 0 Å². The summed E-state index contributed by atoms with van der Waals surface area (Å²) in [6.07, 6.45) is 4.51. The molecule has 3 rings (SSSR count). The van der Waals surface area contributed by atoms with E-state index in [1.54, 1.807) is 26.2 Å². The molecule has 1 N–H and O–H groups in total. The monoisotopic (exact) mass is 418 g/mol. The van der Waals surface area contributed by atoms with Gasteiger partial charge >= 0.3 is 0 Å². The third-order valence-electron chi connectivity index (χ3n) is 5.26. The van der Waals surface area contributed by atoms with Crippen LogP contribution in [0.15, 0.2) is 48.5 Å². The van der Waals surface area contributed by atoms with Gasteiger partial charge in [0, 0.05) is 25.2 Å². The number of benzene rings is 2. The fourth-order valence-corrected chi connectivity index (χ4v) is 3.69. The van der Waals surface area contributed by atoms with Gasteiger partial charge in [-0.15, -0.1) is 0 Å². The Morgan fingerprint density at radius 1 is 0.897 bits per heavy atom. The maximum atomic E-state index is 5.62. The van der Waals surface area contributed by atoms with Crippen molar-refractivity contribution in [3.63, 3.8) is 0 Å². The van der Waals surface area contributed by atoms with Crippen molar-refractivity contribution in [2.75, 3.05) is 54.1 Å². The highest BCUT2D eigenvalue weighted by Gasteiger charge is 2.22. The third kappa shape index (κ3) is 6.13. The molecule has 0 spiro atoms. The lowest BCUT2D eigenvalue weighted by molar-refractivity contribution is -0.898. The molecule has 29 heavy (non-hydrogen) atoms. The van der Waals surface area contributed by atoms with Crippen LogP contribution in [0.2, 0.25) is 0 Å². The molecule has 1 saturated heterocycles. The number of rotatable bonds is 8. The van der Waals surface area contributed by atoms with E-state index in [0.29, 0.717) is 11.5 Å². The van der Waals surface area contributed by atoms with Gasteiger partial charge < -0.3 is 31.5 Å². The Kier molecular flexibility index (Phi) is 9.32. The van der Waals surface area contributed by atoms with Gasteiger partial charge in [-0.2, -0.15) is 0 Å². The molecular weight excluding hydrogens is 388 g/mol. The van der Waals surface area contributed by atoms with E-state index in [2.05, 4.69) is 53.5 Å². The lowest BCUT2D eigenvalue weighted by atomic mass is 10.1. The molecule has 2 aromatic carbocycles. The number of piperazine rings is 1. The van der Waals surface area contributed by atoms with Gasteiger partial charge in [0.1, 0.15) is 0 Å². The Balaban J connectivity index is 0.00000300. The smallest absolute Gasteiger partial charge is 0.203 e. The fourth-order valence-electron chi connectivity index (χ4n) is 3.69. The predicted molar refractivity (Wildman–Crippen MR) is 112 cm³/mol. The van der Waals surface area contributed by atoms with Crippen LogP contribution in [-0.4, -0.2) is 59.0 Å². The molecule has 1 aliphatic rings. The summed E-state index contributed by atoms with van der Waals surface area (Å²) in [6.45, 7) is 6.38. The van der Waals surface area contributed by atoms with Crippen LogP contribution in [0.3, 0.4) is 0 Å². The van der Waals surface area contributed by atoms with Crippen LogP contribution >= 0.6 is 0 Å². The van der Waals surface area contributed by atoms with Gasteiger partial charge in [0.25, 0.3) is 0 Å². The average molecular weight is 419 g/mol. The standard InChI is InChI=1S/C23H30N2O3.ClH/c1-26-21-12-11-20(22(27-2)23(21)28-3)18-25-16-14-24(15-17-25)13-7-10-19-8-5-4-6-9-19;/h4-12H,13-18H2,1-3H3;1H/b10-7+;. The molecule has 0 bridgehead atoms. The largest absolute Gasteiger partial charge is 1.00 e. The summed E-state index contributed by atoms with van der Waals surface area (Å²) in [5.41, 5.74) is 2.40. The Hall–Kier alpha value is -2.21. The first-order valence-electron chi connectivity index (χ1n) is 9.80. The maximum absolute atomic E-state index is 5.62. The molecule has 0 aliphatic carbocycles. The molecule has 5 nitrogen and oxygen atoms in total. The van der Waals surface area contributed by atoms with Crippen molar-refractivity contribution in [1.82, 2.24) is 4.90 Å². The zero-order valence-electron chi connectivity index (χ0n) is 17.5. The van der Waals surface area contributed by atoms with Gasteiger partial charge in [0.05, 0.1) is 41.0 Å². The van der Waals surface area contributed by atoms with Crippen LogP contribution in [0.4, 0.5) is 0 Å². The van der Waals surface area contributed by atoms with Gasteiger partial charge in [-0.1, -0.05) is 42.5 Å². The van der Waals surface area contributed by atoms with Crippen molar-refractivity contribution in [2.24, 2.45) is 0 Å². The quantitative estimate of drug-likeness (QED) is 0.604. The molecule has 0 amide bonds. The van der Waals surface area contributed by atoms with E-state index in [9.17, 15) is 0 Å². The lowest BCUT2D eigenvalue weighted by Crippen LogP contribution is -3.14. The molecule has 0 saturated carbocycles. The molecule has 0 aromatic heterocycles. The fraction of sp³-hybridized carbons (Fsp3) is 0.391. The van der Waals surface area contributed by atoms with E-state index < -0.39 is 0 Å². The molecule has 0 atom stereocenters. The van der Waals surface area contributed by atoms with Crippen LogP contribution in [0.5, 0.6) is 17.2 Å². The van der Waals surface area contributed by atoms with E-state index in [4.69, 9.17) is 14.2 Å². The van der Waals surface area contributed by atoms with Gasteiger partial charge in [0.15, 0.2) is 11.5 Å². The molecule has 6 heteroatoms. The highest BCUT2D eigenvalue weighted by Crippen LogP contribution is 2.40. The van der Waals surface area contributed by atoms with E-state index in [1.807, 2.05) is 6.07 Å². The summed E-state index contributed by atoms with van der Waals surface area (Å²) >= 11 is 0. The SMILES string of the molecule is COc1ccc(CN2CC[NH+](C/C=C/c3ccccc3)CC2)c(OC)c1OC.[Cl-]. The summed E-state index contributed by atoms with van der Waals surface area (Å²) in [5, 5.41) is 0. The molecule has 1 aliphatic heterocycles. The Bertz CT molecular complexity index is 775. The summed E-state index contributed by atoms with van der Waals surface area (Å²) in [4.78, 5) is 4.11. The normalized spacial score (nSPS) is 15.1. The number of ether oxygens (including phenoxy) is 3. The maximum Gasteiger partial charge on any atom is 0.203 e. The minimum Gasteiger partial charge on any atom is -1.00 e. The number of hydrogen-bond acceptors (Lipinski definition) is 4. The van der Waals surface area contributed by atoms with Crippen LogP contribution < -0.4 is 31.5 Å². The van der Waals surface area contributed by atoms with Gasteiger partial charge in [-0.25, -0.2) is 0 Å². The number of hydrogen-bond donors (Lipinski definition) is 1. The van der Waals surface area contributed by atoms with Gasteiger partial charge in [-0.05, 0) is 17.7 Å². The van der Waals surface area contributed by atoms with Crippen molar-refractivity contribution in [3.05, 3.63) is 59.7 Å². The molecule has 0 unspecified atom stereocenters. The number of quaternary nitrogens is 1. The summed E-state index contributed by atoms with van der Waals surface area (Å²) < 4.78 is 16.5. The molecule has 158 valence electrons. The van der Waals surface area contributed by atoms with Crippen LogP contribution in [-0.2, 0) is 6.54 Å². The molecular formula is C23H31ClN2O3. The van der Waals surface area contributed by atoms with Crippen molar-refractivity contribution >= 4 is 6.08 Å². The Morgan fingerprint density at radius 2 is 1.59 bits per heavy atom. The van der Waals surface area contributed by atoms with Crippen LogP contribution in [0.25, 0.3) is 6.08 Å².